The number of carbonyl (C=O) groups is 1. The standard InChI is InChI=1S/C22H28N2O/c1-17-6-4-9-19(16-17)23-12-14-24(15-13-23)22(25)21-11-5-8-18-7-2-3-10-20(18)21/h2-3,5,7-8,10-11,17,19H,4,6,9,12-16H2,1H3/p+1. The third-order valence-corrected chi connectivity index (χ3v) is 6.23. The Balaban J connectivity index is 1.44. The summed E-state index contributed by atoms with van der Waals surface area (Å²) in [6.45, 7) is 6.39. The Morgan fingerprint density at radius 3 is 2.60 bits per heavy atom. The number of hydrogen-bond acceptors (Lipinski definition) is 1. The number of nitrogens with one attached hydrogen (secondary N) is 1. The van der Waals surface area contributed by atoms with E-state index in [1.807, 2.05) is 24.3 Å². The van der Waals surface area contributed by atoms with Gasteiger partial charge in [-0.25, -0.2) is 0 Å². The first kappa shape index (κ1) is 16.6. The SMILES string of the molecule is CC1CCCC([NH+]2CCN(C(=O)c3cccc4ccccc34)CC2)C1. The lowest BCUT2D eigenvalue weighted by Crippen LogP contribution is -3.18. The molecule has 0 radical (unpaired) electrons. The van der Waals surface area contributed by atoms with Crippen LogP contribution in [-0.2, 0) is 0 Å². The highest BCUT2D eigenvalue weighted by molar-refractivity contribution is 6.07. The molecule has 1 N–H and O–H groups in total. The fourth-order valence-electron chi connectivity index (χ4n) is 4.79. The minimum atomic E-state index is 0.202. The molecule has 0 spiro atoms. The first-order valence-electron chi connectivity index (χ1n) is 9.84. The van der Waals surface area contributed by atoms with Crippen LogP contribution in [0.15, 0.2) is 42.5 Å². The summed E-state index contributed by atoms with van der Waals surface area (Å²) in [5, 5.41) is 2.22. The second kappa shape index (κ2) is 7.17. The molecule has 2 atom stereocenters. The van der Waals surface area contributed by atoms with Crippen molar-refractivity contribution in [2.75, 3.05) is 26.2 Å². The van der Waals surface area contributed by atoms with Gasteiger partial charge in [-0.15, -0.1) is 0 Å². The maximum atomic E-state index is 13.1. The minimum Gasteiger partial charge on any atom is -0.330 e. The number of quaternary nitrogens is 1. The van der Waals surface area contributed by atoms with Gasteiger partial charge >= 0.3 is 0 Å². The summed E-state index contributed by atoms with van der Waals surface area (Å²) in [4.78, 5) is 16.9. The van der Waals surface area contributed by atoms with E-state index in [1.165, 1.54) is 25.7 Å². The molecular weight excluding hydrogens is 308 g/mol. The second-order valence-electron chi connectivity index (χ2n) is 7.95. The first-order chi connectivity index (χ1) is 12.2. The molecule has 2 aromatic rings. The molecule has 1 amide bonds. The van der Waals surface area contributed by atoms with E-state index in [1.54, 1.807) is 4.90 Å². The van der Waals surface area contributed by atoms with Gasteiger partial charge in [0.25, 0.3) is 5.91 Å². The smallest absolute Gasteiger partial charge is 0.254 e. The Morgan fingerprint density at radius 1 is 1.04 bits per heavy atom. The number of carbonyl (C=O) groups excluding carboxylic acids is 1. The summed E-state index contributed by atoms with van der Waals surface area (Å²) >= 11 is 0. The van der Waals surface area contributed by atoms with Gasteiger partial charge in [-0.2, -0.15) is 0 Å². The molecule has 25 heavy (non-hydrogen) atoms. The van der Waals surface area contributed by atoms with Gasteiger partial charge in [0, 0.05) is 12.0 Å². The molecule has 1 aliphatic heterocycles. The molecular formula is C22H29N2O+. The van der Waals surface area contributed by atoms with E-state index < -0.39 is 0 Å². The van der Waals surface area contributed by atoms with Gasteiger partial charge in [0.2, 0.25) is 0 Å². The predicted molar refractivity (Wildman–Crippen MR) is 102 cm³/mol. The van der Waals surface area contributed by atoms with Crippen molar-refractivity contribution in [3.63, 3.8) is 0 Å². The number of nitrogens with zero attached hydrogens (tertiary/aromatic N) is 1. The number of hydrogen-bond donors (Lipinski definition) is 1. The molecule has 3 nitrogen and oxygen atoms in total. The van der Waals surface area contributed by atoms with Crippen LogP contribution >= 0.6 is 0 Å². The van der Waals surface area contributed by atoms with Crippen LogP contribution in [0.5, 0.6) is 0 Å². The van der Waals surface area contributed by atoms with Crippen LogP contribution in [0.4, 0.5) is 0 Å². The van der Waals surface area contributed by atoms with Gasteiger partial charge in [0.1, 0.15) is 0 Å². The number of rotatable bonds is 2. The lowest BCUT2D eigenvalue weighted by molar-refractivity contribution is -0.930. The third-order valence-electron chi connectivity index (χ3n) is 6.23. The van der Waals surface area contributed by atoms with E-state index in [0.29, 0.717) is 0 Å². The molecule has 4 rings (SSSR count). The van der Waals surface area contributed by atoms with E-state index >= 15 is 0 Å². The van der Waals surface area contributed by atoms with E-state index in [-0.39, 0.29) is 5.91 Å². The van der Waals surface area contributed by atoms with Crippen molar-refractivity contribution in [2.45, 2.75) is 38.6 Å². The Morgan fingerprint density at radius 2 is 1.80 bits per heavy atom. The molecule has 1 aliphatic carbocycles. The summed E-state index contributed by atoms with van der Waals surface area (Å²) in [6.07, 6.45) is 5.52. The van der Waals surface area contributed by atoms with Crippen molar-refractivity contribution < 1.29 is 9.69 Å². The van der Waals surface area contributed by atoms with Gasteiger partial charge in [0.05, 0.1) is 32.2 Å². The van der Waals surface area contributed by atoms with Crippen molar-refractivity contribution >= 4 is 16.7 Å². The average molecular weight is 337 g/mol. The predicted octanol–water partition coefficient (Wildman–Crippen LogP) is 2.76. The number of piperazine rings is 1. The van der Waals surface area contributed by atoms with Gasteiger partial charge in [-0.05, 0) is 35.6 Å². The highest BCUT2D eigenvalue weighted by atomic mass is 16.2. The van der Waals surface area contributed by atoms with E-state index in [9.17, 15) is 4.79 Å². The van der Waals surface area contributed by atoms with Gasteiger partial charge in [0.15, 0.2) is 0 Å². The highest BCUT2D eigenvalue weighted by Crippen LogP contribution is 2.23. The average Bonchev–Trinajstić information content (AvgIpc) is 2.67. The van der Waals surface area contributed by atoms with Crippen molar-refractivity contribution in [1.82, 2.24) is 4.90 Å². The third kappa shape index (κ3) is 3.43. The van der Waals surface area contributed by atoms with Crippen molar-refractivity contribution in [3.05, 3.63) is 48.0 Å². The van der Waals surface area contributed by atoms with Crippen LogP contribution in [0.1, 0.15) is 43.0 Å². The Bertz CT molecular complexity index is 743. The largest absolute Gasteiger partial charge is 0.330 e. The maximum Gasteiger partial charge on any atom is 0.254 e. The summed E-state index contributed by atoms with van der Waals surface area (Å²) in [5.41, 5.74) is 0.854. The Hall–Kier alpha value is -1.87. The highest BCUT2D eigenvalue weighted by Gasteiger charge is 2.32. The molecule has 1 heterocycles. The lowest BCUT2D eigenvalue weighted by atomic mass is 9.86. The van der Waals surface area contributed by atoms with E-state index in [2.05, 4.69) is 30.0 Å². The van der Waals surface area contributed by atoms with Crippen LogP contribution < -0.4 is 4.90 Å². The molecule has 3 heteroatoms. The monoisotopic (exact) mass is 337 g/mol. The zero-order valence-corrected chi connectivity index (χ0v) is 15.2. The number of fused-ring (bicyclic) bond motifs is 1. The van der Waals surface area contributed by atoms with Crippen molar-refractivity contribution in [1.29, 1.82) is 0 Å². The molecule has 0 aromatic heterocycles. The first-order valence-corrected chi connectivity index (χ1v) is 9.84. The summed E-state index contributed by atoms with van der Waals surface area (Å²) < 4.78 is 0. The molecule has 1 saturated heterocycles. The quantitative estimate of drug-likeness (QED) is 0.895. The van der Waals surface area contributed by atoms with Crippen molar-refractivity contribution in [2.24, 2.45) is 5.92 Å². The molecule has 2 fully saturated rings. The Kier molecular flexibility index (Phi) is 4.76. The van der Waals surface area contributed by atoms with Crippen LogP contribution in [0.3, 0.4) is 0 Å². The van der Waals surface area contributed by atoms with Gasteiger partial charge in [-0.3, -0.25) is 4.79 Å². The summed E-state index contributed by atoms with van der Waals surface area (Å²) in [7, 11) is 0. The summed E-state index contributed by atoms with van der Waals surface area (Å²) in [6, 6.07) is 15.1. The molecule has 2 aromatic carbocycles. The van der Waals surface area contributed by atoms with E-state index in [0.717, 1.165) is 54.5 Å². The van der Waals surface area contributed by atoms with Crippen LogP contribution in [0.25, 0.3) is 10.8 Å². The van der Waals surface area contributed by atoms with Crippen LogP contribution in [-0.4, -0.2) is 43.0 Å². The number of amides is 1. The maximum absolute atomic E-state index is 13.1. The van der Waals surface area contributed by atoms with Crippen LogP contribution in [0.2, 0.25) is 0 Å². The van der Waals surface area contributed by atoms with Gasteiger partial charge in [-0.1, -0.05) is 49.7 Å². The molecule has 132 valence electrons. The summed E-state index contributed by atoms with van der Waals surface area (Å²) in [5.74, 6) is 1.08. The zero-order valence-electron chi connectivity index (χ0n) is 15.2. The van der Waals surface area contributed by atoms with E-state index in [4.69, 9.17) is 0 Å². The molecule has 2 aliphatic rings. The molecule has 0 bridgehead atoms. The topological polar surface area (TPSA) is 24.8 Å². The number of benzene rings is 2. The molecule has 1 saturated carbocycles. The fraction of sp³-hybridized carbons (Fsp3) is 0.500. The zero-order chi connectivity index (χ0) is 17.2. The second-order valence-corrected chi connectivity index (χ2v) is 7.95. The van der Waals surface area contributed by atoms with Crippen LogP contribution in [0, 0.1) is 5.92 Å². The normalized spacial score (nSPS) is 25.2. The fourth-order valence-corrected chi connectivity index (χ4v) is 4.79. The lowest BCUT2D eigenvalue weighted by Gasteiger charge is -2.39. The van der Waals surface area contributed by atoms with Crippen molar-refractivity contribution in [3.8, 4) is 0 Å². The minimum absolute atomic E-state index is 0.202. The molecule has 2 unspecified atom stereocenters. The Labute approximate surface area is 150 Å². The van der Waals surface area contributed by atoms with Gasteiger partial charge < -0.3 is 9.80 Å².